The first-order valence-corrected chi connectivity index (χ1v) is 6.15. The molecule has 0 saturated heterocycles. The first kappa shape index (κ1) is 10.4. The van der Waals surface area contributed by atoms with Gasteiger partial charge in [0.05, 0.1) is 0 Å². The van der Waals surface area contributed by atoms with Crippen molar-refractivity contribution in [2.45, 2.75) is 25.9 Å². The van der Waals surface area contributed by atoms with E-state index in [1.165, 1.54) is 16.7 Å². The predicted octanol–water partition coefficient (Wildman–Crippen LogP) is 4.06. The lowest BCUT2D eigenvalue weighted by atomic mass is 9.95. The number of hydrogen-bond donors (Lipinski definition) is 0. The van der Waals surface area contributed by atoms with E-state index in [1.807, 2.05) is 6.07 Å². The average molecular weight is 224 g/mol. The molecule has 0 amide bonds. The largest absolute Gasteiger partial charge is 0.485 e. The quantitative estimate of drug-likeness (QED) is 0.709. The van der Waals surface area contributed by atoms with Crippen molar-refractivity contribution in [2.24, 2.45) is 0 Å². The Hall–Kier alpha value is -1.76. The molecule has 86 valence electrons. The number of benzene rings is 2. The zero-order valence-electron chi connectivity index (χ0n) is 10.0. The molecule has 17 heavy (non-hydrogen) atoms. The van der Waals surface area contributed by atoms with E-state index in [-0.39, 0.29) is 6.10 Å². The minimum atomic E-state index is 0.214. The Bertz CT molecular complexity index is 531. The van der Waals surface area contributed by atoms with Gasteiger partial charge in [-0.2, -0.15) is 0 Å². The molecule has 0 saturated carbocycles. The highest BCUT2D eigenvalue weighted by Gasteiger charge is 2.21. The predicted molar refractivity (Wildman–Crippen MR) is 69.3 cm³/mol. The van der Waals surface area contributed by atoms with E-state index < -0.39 is 0 Å². The molecule has 0 aliphatic carbocycles. The second kappa shape index (κ2) is 4.25. The summed E-state index contributed by atoms with van der Waals surface area (Å²) in [5.74, 6) is 1.05. The zero-order chi connectivity index (χ0) is 11.7. The normalized spacial score (nSPS) is 18.3. The molecule has 1 heterocycles. The highest BCUT2D eigenvalue weighted by molar-refractivity contribution is 5.37. The second-order valence-electron chi connectivity index (χ2n) is 4.61. The molecule has 0 spiro atoms. The fourth-order valence-corrected chi connectivity index (χ4v) is 2.49. The van der Waals surface area contributed by atoms with Crippen molar-refractivity contribution in [2.75, 3.05) is 0 Å². The summed E-state index contributed by atoms with van der Waals surface area (Å²) in [7, 11) is 0. The Kier molecular flexibility index (Phi) is 2.60. The van der Waals surface area contributed by atoms with Crippen LogP contribution in [0.5, 0.6) is 5.75 Å². The van der Waals surface area contributed by atoms with Crippen molar-refractivity contribution in [3.63, 3.8) is 0 Å². The van der Waals surface area contributed by atoms with Gasteiger partial charge in [0.2, 0.25) is 0 Å². The molecule has 1 heteroatoms. The van der Waals surface area contributed by atoms with Crippen molar-refractivity contribution in [3.05, 3.63) is 65.2 Å². The summed E-state index contributed by atoms with van der Waals surface area (Å²) in [6.45, 7) is 2.15. The highest BCUT2D eigenvalue weighted by Crippen LogP contribution is 2.35. The van der Waals surface area contributed by atoms with Crippen molar-refractivity contribution >= 4 is 0 Å². The molecule has 0 bridgehead atoms. The van der Waals surface area contributed by atoms with Gasteiger partial charge in [-0.05, 0) is 42.5 Å². The molecule has 1 nitrogen and oxygen atoms in total. The van der Waals surface area contributed by atoms with Gasteiger partial charge in [0, 0.05) is 0 Å². The number of rotatable bonds is 1. The van der Waals surface area contributed by atoms with Gasteiger partial charge in [0.1, 0.15) is 11.9 Å². The number of para-hydroxylation sites is 1. The minimum Gasteiger partial charge on any atom is -0.485 e. The van der Waals surface area contributed by atoms with Crippen LogP contribution in [-0.4, -0.2) is 0 Å². The fourth-order valence-electron chi connectivity index (χ4n) is 2.49. The van der Waals surface area contributed by atoms with E-state index in [0.29, 0.717) is 0 Å². The SMILES string of the molecule is Cc1ccccc1C1CCc2ccccc2O1. The van der Waals surface area contributed by atoms with Gasteiger partial charge >= 0.3 is 0 Å². The van der Waals surface area contributed by atoms with Crippen LogP contribution < -0.4 is 4.74 Å². The third-order valence-electron chi connectivity index (χ3n) is 3.45. The third-order valence-corrected chi connectivity index (χ3v) is 3.45. The Balaban J connectivity index is 1.92. The Morgan fingerprint density at radius 3 is 2.65 bits per heavy atom. The summed E-state index contributed by atoms with van der Waals surface area (Å²) in [6.07, 6.45) is 2.39. The molecule has 1 aliphatic heterocycles. The van der Waals surface area contributed by atoms with Crippen LogP contribution in [-0.2, 0) is 6.42 Å². The lowest BCUT2D eigenvalue weighted by Gasteiger charge is -2.27. The van der Waals surface area contributed by atoms with Crippen LogP contribution in [0.15, 0.2) is 48.5 Å². The summed E-state index contributed by atoms with van der Waals surface area (Å²) in [6, 6.07) is 16.8. The van der Waals surface area contributed by atoms with Crippen LogP contribution in [0.1, 0.15) is 29.2 Å². The number of ether oxygens (including phenoxy) is 1. The topological polar surface area (TPSA) is 9.23 Å². The molecule has 2 aromatic carbocycles. The second-order valence-corrected chi connectivity index (χ2v) is 4.61. The molecule has 0 radical (unpaired) electrons. The Morgan fingerprint density at radius 1 is 1.00 bits per heavy atom. The van der Waals surface area contributed by atoms with E-state index in [0.717, 1.165) is 18.6 Å². The number of aryl methyl sites for hydroxylation is 2. The number of hydrogen-bond acceptors (Lipinski definition) is 1. The van der Waals surface area contributed by atoms with E-state index >= 15 is 0 Å². The molecular formula is C16H16O. The van der Waals surface area contributed by atoms with Crippen molar-refractivity contribution in [1.82, 2.24) is 0 Å². The molecular weight excluding hydrogens is 208 g/mol. The van der Waals surface area contributed by atoms with Crippen LogP contribution in [0.3, 0.4) is 0 Å². The molecule has 0 fully saturated rings. The third kappa shape index (κ3) is 1.93. The van der Waals surface area contributed by atoms with Gasteiger partial charge in [0.25, 0.3) is 0 Å². The maximum Gasteiger partial charge on any atom is 0.124 e. The average Bonchev–Trinajstić information content (AvgIpc) is 2.39. The molecule has 0 aromatic heterocycles. The van der Waals surface area contributed by atoms with Crippen LogP contribution in [0, 0.1) is 6.92 Å². The summed E-state index contributed by atoms with van der Waals surface area (Å²) >= 11 is 0. The molecule has 0 N–H and O–H groups in total. The molecule has 1 unspecified atom stereocenters. The van der Waals surface area contributed by atoms with Gasteiger partial charge in [-0.25, -0.2) is 0 Å². The van der Waals surface area contributed by atoms with Gasteiger partial charge in [-0.3, -0.25) is 0 Å². The van der Waals surface area contributed by atoms with E-state index in [9.17, 15) is 0 Å². The molecule has 2 aromatic rings. The van der Waals surface area contributed by atoms with Crippen LogP contribution in [0.25, 0.3) is 0 Å². The van der Waals surface area contributed by atoms with Crippen molar-refractivity contribution in [3.8, 4) is 5.75 Å². The van der Waals surface area contributed by atoms with Gasteiger partial charge in [-0.15, -0.1) is 0 Å². The van der Waals surface area contributed by atoms with E-state index in [1.54, 1.807) is 0 Å². The maximum absolute atomic E-state index is 6.10. The minimum absolute atomic E-state index is 0.214. The standard InChI is InChI=1S/C16H16O/c1-12-6-2-4-8-14(12)16-11-10-13-7-3-5-9-15(13)17-16/h2-9,16H,10-11H2,1H3. The maximum atomic E-state index is 6.10. The first-order chi connectivity index (χ1) is 8.34. The van der Waals surface area contributed by atoms with Crippen molar-refractivity contribution < 1.29 is 4.74 Å². The molecule has 3 rings (SSSR count). The van der Waals surface area contributed by atoms with Gasteiger partial charge in [-0.1, -0.05) is 42.5 Å². The van der Waals surface area contributed by atoms with Gasteiger partial charge in [0.15, 0.2) is 0 Å². The van der Waals surface area contributed by atoms with Crippen LogP contribution in [0.4, 0.5) is 0 Å². The van der Waals surface area contributed by atoms with E-state index in [4.69, 9.17) is 4.74 Å². The van der Waals surface area contributed by atoms with E-state index in [2.05, 4.69) is 49.4 Å². The Labute approximate surface area is 102 Å². The van der Waals surface area contributed by atoms with Crippen molar-refractivity contribution in [1.29, 1.82) is 0 Å². The first-order valence-electron chi connectivity index (χ1n) is 6.15. The summed E-state index contributed by atoms with van der Waals surface area (Å²) < 4.78 is 6.10. The molecule has 1 aliphatic rings. The summed E-state index contributed by atoms with van der Waals surface area (Å²) in [5, 5.41) is 0. The zero-order valence-corrected chi connectivity index (χ0v) is 10.0. The highest BCUT2D eigenvalue weighted by atomic mass is 16.5. The summed E-state index contributed by atoms with van der Waals surface area (Å²) in [4.78, 5) is 0. The smallest absolute Gasteiger partial charge is 0.124 e. The number of fused-ring (bicyclic) bond motifs is 1. The lowest BCUT2D eigenvalue weighted by molar-refractivity contribution is 0.176. The fraction of sp³-hybridized carbons (Fsp3) is 0.250. The van der Waals surface area contributed by atoms with Crippen LogP contribution in [0.2, 0.25) is 0 Å². The molecule has 1 atom stereocenters. The lowest BCUT2D eigenvalue weighted by Crippen LogP contribution is -2.15. The van der Waals surface area contributed by atoms with Gasteiger partial charge < -0.3 is 4.74 Å². The summed E-state index contributed by atoms with van der Waals surface area (Å²) in [5.41, 5.74) is 3.97. The monoisotopic (exact) mass is 224 g/mol. The van der Waals surface area contributed by atoms with Crippen LogP contribution >= 0.6 is 0 Å². The Morgan fingerprint density at radius 2 is 1.76 bits per heavy atom.